The molecule has 2 aromatic carbocycles. The van der Waals surface area contributed by atoms with Gasteiger partial charge >= 0.3 is 18.3 Å². The molecule has 0 bridgehead atoms. The Labute approximate surface area is 555 Å². The Morgan fingerprint density at radius 2 is 1.04 bits per heavy atom. The normalized spacial score (nSPS) is 17.4. The van der Waals surface area contributed by atoms with Crippen molar-refractivity contribution in [2.24, 2.45) is 11.8 Å². The van der Waals surface area contributed by atoms with Gasteiger partial charge in [0.05, 0.1) is 48.9 Å². The lowest BCUT2D eigenvalue weighted by atomic mass is 9.85. The number of nitriles is 2. The molecule has 3 saturated heterocycles. The molecule has 18 nitrogen and oxygen atoms in total. The van der Waals surface area contributed by atoms with Crippen LogP contribution in [-0.2, 0) is 48.6 Å². The molecule has 6 aromatic heterocycles. The van der Waals surface area contributed by atoms with Crippen molar-refractivity contribution in [3.05, 3.63) is 117 Å². The minimum Gasteiger partial charge on any atom is -0.481 e. The summed E-state index contributed by atoms with van der Waals surface area (Å²) in [6.07, 6.45) is 3.42. The summed E-state index contributed by atoms with van der Waals surface area (Å²) in [6.45, 7) is 16.3. The summed E-state index contributed by atoms with van der Waals surface area (Å²) in [5.74, 6) is 0.692. The highest BCUT2D eigenvalue weighted by Gasteiger charge is 2.33. The van der Waals surface area contributed by atoms with Crippen LogP contribution >= 0.6 is 22.7 Å². The number of aliphatic hydroxyl groups is 2. The topological polar surface area (TPSA) is 238 Å². The molecule has 3 aliphatic heterocycles. The number of likely N-dealkylation sites (tertiary alicyclic amines) is 3. The Morgan fingerprint density at radius 1 is 0.632 bits per heavy atom. The van der Waals surface area contributed by atoms with Crippen LogP contribution in [0.1, 0.15) is 127 Å². The number of aryl methyl sites for hydroxylation is 2. The van der Waals surface area contributed by atoms with Gasteiger partial charge in [-0.15, -0.1) is 22.7 Å². The monoisotopic (exact) mass is 1350 g/mol. The van der Waals surface area contributed by atoms with Crippen LogP contribution in [0.3, 0.4) is 0 Å². The molecule has 0 spiro atoms. The summed E-state index contributed by atoms with van der Waals surface area (Å²) in [7, 11) is 0. The smallest absolute Gasteiger partial charge is 0.393 e. The first-order valence-electron chi connectivity index (χ1n) is 32.6. The number of halogens is 6. The largest absolute Gasteiger partial charge is 0.481 e. The van der Waals surface area contributed by atoms with Gasteiger partial charge in [-0.2, -0.15) is 36.9 Å². The van der Waals surface area contributed by atoms with E-state index < -0.39 is 43.4 Å². The number of carbonyl (C=O) groups is 2. The van der Waals surface area contributed by atoms with Crippen LogP contribution in [0.2, 0.25) is 0 Å². The summed E-state index contributed by atoms with van der Waals surface area (Å²) >= 11 is 2.12. The average Bonchev–Trinajstić information content (AvgIpc) is 1.66. The molecule has 0 radical (unpaired) electrons. The summed E-state index contributed by atoms with van der Waals surface area (Å²) in [5, 5.41) is 59.9. The van der Waals surface area contributed by atoms with Crippen molar-refractivity contribution < 1.29 is 51.3 Å². The number of aliphatic carboxylic acids is 1. The first-order chi connectivity index (χ1) is 45.5. The van der Waals surface area contributed by atoms with Crippen LogP contribution in [0, 0.1) is 48.3 Å². The van der Waals surface area contributed by atoms with E-state index in [9.17, 15) is 56.7 Å². The number of hydrogen-bond acceptors (Lipinski definition) is 16. The molecule has 9 heterocycles. The van der Waals surface area contributed by atoms with Gasteiger partial charge in [0.25, 0.3) is 0 Å². The molecule has 2 atom stereocenters. The van der Waals surface area contributed by atoms with Gasteiger partial charge in [-0.05, 0) is 142 Å². The molecule has 1 amide bonds. The molecule has 8 aromatic rings. The molecular formula is C69H81F6N13O5S2. The first-order valence-corrected chi connectivity index (χ1v) is 34.2. The van der Waals surface area contributed by atoms with E-state index in [-0.39, 0.29) is 40.1 Å². The summed E-state index contributed by atoms with van der Waals surface area (Å²) in [5.41, 5.74) is 7.70. The maximum absolute atomic E-state index is 12.9. The number of carboxylic acid groups (broad SMARTS) is 1. The number of hydrogen-bond donors (Lipinski definition) is 5. The molecule has 4 aliphatic rings. The molecule has 4 fully saturated rings. The number of carboxylic acids is 1. The molecule has 12 rings (SSSR count). The fourth-order valence-corrected chi connectivity index (χ4v) is 15.8. The van der Waals surface area contributed by atoms with Crippen LogP contribution in [-0.4, -0.2) is 147 Å². The van der Waals surface area contributed by atoms with E-state index >= 15 is 0 Å². The number of nitrogens with one attached hydrogen (secondary N) is 2. The number of thiophene rings is 2. The lowest BCUT2D eigenvalue weighted by molar-refractivity contribution is -0.136. The number of nitrogens with zero attached hydrogens (tertiary/aromatic N) is 11. The highest BCUT2D eigenvalue weighted by Crippen LogP contribution is 2.37. The van der Waals surface area contributed by atoms with Crippen LogP contribution < -0.4 is 10.6 Å². The number of alkyl halides is 6. The van der Waals surface area contributed by atoms with E-state index in [4.69, 9.17) is 5.11 Å². The van der Waals surface area contributed by atoms with Gasteiger partial charge in [0.1, 0.15) is 57.5 Å². The first kappa shape index (κ1) is 70.1. The van der Waals surface area contributed by atoms with Crippen molar-refractivity contribution in [2.45, 2.75) is 173 Å². The lowest BCUT2D eigenvalue weighted by Gasteiger charge is -2.34. The number of piperidine rings is 3. The maximum atomic E-state index is 12.9. The van der Waals surface area contributed by atoms with E-state index in [0.29, 0.717) is 88.4 Å². The maximum Gasteiger partial charge on any atom is 0.393 e. The van der Waals surface area contributed by atoms with Crippen LogP contribution in [0.4, 0.5) is 38.0 Å². The number of rotatable bonds is 18. The van der Waals surface area contributed by atoms with E-state index in [1.165, 1.54) is 49.1 Å². The summed E-state index contributed by atoms with van der Waals surface area (Å²) in [6, 6.07) is 20.4. The number of fused-ring (bicyclic) bond motifs is 4. The Bertz CT molecular complexity index is 4080. The number of carbonyl (C=O) groups excluding carboxylic acids is 1. The highest BCUT2D eigenvalue weighted by molar-refractivity contribution is 7.19. The number of aliphatic hydroxyl groups excluding tert-OH is 2. The molecular weight excluding hydrogens is 1270 g/mol. The third-order valence-electron chi connectivity index (χ3n) is 19.1. The molecule has 5 N–H and O–H groups in total. The Hall–Kier alpha value is -7.72. The zero-order valence-corrected chi connectivity index (χ0v) is 55.3. The second-order valence-corrected chi connectivity index (χ2v) is 27.7. The van der Waals surface area contributed by atoms with Crippen molar-refractivity contribution in [2.75, 3.05) is 49.9 Å². The van der Waals surface area contributed by atoms with E-state index in [1.807, 2.05) is 27.3 Å². The Kier molecular flexibility index (Phi) is 22.9. The minimum atomic E-state index is -4.27. The van der Waals surface area contributed by atoms with Crippen LogP contribution in [0.15, 0.2) is 73.8 Å². The Morgan fingerprint density at radius 3 is 1.42 bits per heavy atom. The number of amides is 1. The second kappa shape index (κ2) is 31.0. The van der Waals surface area contributed by atoms with E-state index in [0.717, 1.165) is 133 Å². The Balaban J connectivity index is 0.000000194. The van der Waals surface area contributed by atoms with Gasteiger partial charge in [-0.1, -0.05) is 44.9 Å². The summed E-state index contributed by atoms with van der Waals surface area (Å²) < 4.78 is 81.4. The van der Waals surface area contributed by atoms with Crippen molar-refractivity contribution in [3.8, 4) is 12.1 Å². The zero-order valence-electron chi connectivity index (χ0n) is 53.7. The van der Waals surface area contributed by atoms with Gasteiger partial charge in [0, 0.05) is 102 Å². The lowest BCUT2D eigenvalue weighted by Crippen LogP contribution is -2.41. The molecule has 1 aliphatic carbocycles. The quantitative estimate of drug-likeness (QED) is 0.0397. The predicted octanol–water partition coefficient (Wildman–Crippen LogP) is 13.2. The minimum absolute atomic E-state index is 0.0445. The van der Waals surface area contributed by atoms with Crippen molar-refractivity contribution in [1.82, 2.24) is 43.8 Å². The SMILES string of the molecule is C=CC(=O)N1CCC(C(O)Cn2c(C#N)cc3c(C)c(CN4CCC(Nc5ncnc6sc(CC(F)(F)F)cc56)CC4)ccc32)CC1.CCC(=O)O.Cc1c(CN2CCC(Nc3ncnc4sc(CC(F)(F)F)cc34)CC2)ccc2c1cc(C#N)n2CC(O)C1CCCCC1. The summed E-state index contributed by atoms with van der Waals surface area (Å²) in [4.78, 5) is 46.5. The zero-order chi connectivity index (χ0) is 67.7. The number of benzene rings is 2. The van der Waals surface area contributed by atoms with Crippen LogP contribution in [0.5, 0.6) is 0 Å². The highest BCUT2D eigenvalue weighted by atomic mass is 32.1. The molecule has 95 heavy (non-hydrogen) atoms. The second-order valence-electron chi connectivity index (χ2n) is 25.5. The standard InChI is InChI=1S/C34H38F3N7O2S.C32H37F3N6OS.C3H6O2/c1-3-31(46)43-12-6-22(7-13-43)30(45)19-44-25(17-38)14-27-21(2)23(4-5-29(27)44)18-42-10-8-24(9-11-42)41-32-28-15-26(16-34(35,36)37)47-33(28)40-20-39-32;1-20-22(7-8-28-26(20)13-24(16-36)41(28)18-29(42)21-5-3-2-4-6-21)17-40-11-9-23(10-12-40)39-30-27-14-25(15-32(33,34)35)43-31(27)38-19-37-30;1-2-3(4)5/h3-5,14-15,20,22,24,30,45H,1,6-13,16,18-19H2,2H3,(H,39,40,41);7-8,13-14,19,21,23,29,42H,2-6,9-12,15,17-18H2,1H3,(H,37,38,39);2H2,1H3,(H,4,5). The average molecular weight is 1350 g/mol. The van der Waals surface area contributed by atoms with Crippen molar-refractivity contribution in [1.29, 1.82) is 10.5 Å². The third kappa shape index (κ3) is 17.7. The van der Waals surface area contributed by atoms with Gasteiger partial charge in [0.2, 0.25) is 5.91 Å². The molecule has 506 valence electrons. The van der Waals surface area contributed by atoms with Gasteiger partial charge < -0.3 is 40.0 Å². The predicted molar refractivity (Wildman–Crippen MR) is 357 cm³/mol. The van der Waals surface area contributed by atoms with Crippen molar-refractivity contribution in [3.63, 3.8) is 0 Å². The number of anilines is 2. The van der Waals surface area contributed by atoms with E-state index in [2.05, 4.69) is 91.1 Å². The fraction of sp³-hybridized carbons (Fsp3) is 0.507. The third-order valence-corrected chi connectivity index (χ3v) is 21.2. The van der Waals surface area contributed by atoms with Gasteiger partial charge in [-0.3, -0.25) is 19.4 Å². The van der Waals surface area contributed by atoms with Gasteiger partial charge in [-0.25, -0.2) is 19.9 Å². The fourth-order valence-electron chi connectivity index (χ4n) is 13.7. The van der Waals surface area contributed by atoms with Crippen molar-refractivity contribution >= 4 is 88.4 Å². The number of aromatic nitrogens is 6. The molecule has 1 saturated carbocycles. The van der Waals surface area contributed by atoms with E-state index in [1.54, 1.807) is 24.0 Å². The molecule has 26 heteroatoms. The molecule has 2 unspecified atom stereocenters. The van der Waals surface area contributed by atoms with Gasteiger partial charge in [0.15, 0.2) is 0 Å². The van der Waals surface area contributed by atoms with Crippen LogP contribution in [0.25, 0.3) is 42.2 Å².